The molecular formula is C14H11Br2F2N. The van der Waals surface area contributed by atoms with Crippen LogP contribution in [0.3, 0.4) is 0 Å². The molecule has 0 spiro atoms. The summed E-state index contributed by atoms with van der Waals surface area (Å²) in [6, 6.07) is 9.34. The molecule has 0 amide bonds. The van der Waals surface area contributed by atoms with Crippen molar-refractivity contribution >= 4 is 31.9 Å². The van der Waals surface area contributed by atoms with Crippen LogP contribution in [0.25, 0.3) is 0 Å². The van der Waals surface area contributed by atoms with Crippen LogP contribution in [0.1, 0.15) is 11.1 Å². The fourth-order valence-corrected chi connectivity index (χ4v) is 2.58. The first-order chi connectivity index (χ1) is 9.06. The highest BCUT2D eigenvalue weighted by molar-refractivity contribution is 9.10. The molecule has 0 bridgehead atoms. The van der Waals surface area contributed by atoms with Gasteiger partial charge in [-0.25, -0.2) is 8.78 Å². The van der Waals surface area contributed by atoms with Crippen LogP contribution < -0.4 is 5.32 Å². The van der Waals surface area contributed by atoms with Crippen LogP contribution >= 0.6 is 31.9 Å². The zero-order valence-electron chi connectivity index (χ0n) is 9.89. The Balaban J connectivity index is 1.98. The smallest absolute Gasteiger partial charge is 0.127 e. The maximum atomic E-state index is 13.5. The van der Waals surface area contributed by atoms with Gasteiger partial charge in [0.25, 0.3) is 0 Å². The number of benzene rings is 2. The van der Waals surface area contributed by atoms with Crippen molar-refractivity contribution < 1.29 is 8.78 Å². The van der Waals surface area contributed by atoms with E-state index >= 15 is 0 Å². The average molecular weight is 391 g/mol. The van der Waals surface area contributed by atoms with Crippen molar-refractivity contribution in [2.75, 3.05) is 0 Å². The monoisotopic (exact) mass is 389 g/mol. The van der Waals surface area contributed by atoms with Crippen LogP contribution in [0.4, 0.5) is 8.78 Å². The summed E-state index contributed by atoms with van der Waals surface area (Å²) in [7, 11) is 0. The van der Waals surface area contributed by atoms with Crippen molar-refractivity contribution in [2.24, 2.45) is 0 Å². The second-order valence-corrected chi connectivity index (χ2v) is 5.85. The lowest BCUT2D eigenvalue weighted by atomic mass is 10.2. The fraction of sp³-hybridized carbons (Fsp3) is 0.143. The van der Waals surface area contributed by atoms with Crippen molar-refractivity contribution in [1.29, 1.82) is 0 Å². The molecule has 2 aromatic rings. The summed E-state index contributed by atoms with van der Waals surface area (Å²) in [5.74, 6) is -0.525. The van der Waals surface area contributed by atoms with E-state index in [1.807, 2.05) is 0 Å². The van der Waals surface area contributed by atoms with Gasteiger partial charge in [0.05, 0.1) is 0 Å². The molecule has 5 heteroatoms. The van der Waals surface area contributed by atoms with E-state index in [2.05, 4.69) is 37.2 Å². The molecule has 0 aliphatic rings. The van der Waals surface area contributed by atoms with Crippen molar-refractivity contribution in [3.05, 3.63) is 68.1 Å². The highest BCUT2D eigenvalue weighted by atomic mass is 79.9. The summed E-state index contributed by atoms with van der Waals surface area (Å²) in [6.45, 7) is 0.946. The Kier molecular flexibility index (Phi) is 5.07. The first-order valence-electron chi connectivity index (χ1n) is 5.65. The van der Waals surface area contributed by atoms with Crippen LogP contribution in [-0.2, 0) is 13.1 Å². The first-order valence-corrected chi connectivity index (χ1v) is 7.23. The highest BCUT2D eigenvalue weighted by Crippen LogP contribution is 2.19. The Labute approximate surface area is 127 Å². The molecule has 0 fully saturated rings. The van der Waals surface area contributed by atoms with Crippen molar-refractivity contribution in [2.45, 2.75) is 13.1 Å². The van der Waals surface area contributed by atoms with Gasteiger partial charge in [0, 0.05) is 27.6 Å². The standard InChI is InChI=1S/C14H11Br2F2N/c15-11-2-4-14(18)10(5-11)8-19-7-9-1-3-12(17)6-13(9)16/h1-6,19H,7-8H2. The van der Waals surface area contributed by atoms with Crippen molar-refractivity contribution in [3.63, 3.8) is 0 Å². The molecule has 0 aromatic heterocycles. The number of halogens is 4. The second-order valence-electron chi connectivity index (χ2n) is 4.08. The van der Waals surface area contributed by atoms with Gasteiger partial charge in [-0.15, -0.1) is 0 Å². The van der Waals surface area contributed by atoms with E-state index < -0.39 is 0 Å². The Hall–Kier alpha value is -0.780. The minimum atomic E-state index is -0.284. The summed E-state index contributed by atoms with van der Waals surface area (Å²) >= 11 is 6.61. The number of nitrogens with one attached hydrogen (secondary N) is 1. The summed E-state index contributed by atoms with van der Waals surface area (Å²) in [6.07, 6.45) is 0. The van der Waals surface area contributed by atoms with Crippen LogP contribution in [0.15, 0.2) is 45.3 Å². The van der Waals surface area contributed by atoms with Crippen LogP contribution in [0.5, 0.6) is 0 Å². The molecule has 0 radical (unpaired) electrons. The molecule has 100 valence electrons. The second kappa shape index (κ2) is 6.59. The third-order valence-corrected chi connectivity index (χ3v) is 3.89. The highest BCUT2D eigenvalue weighted by Gasteiger charge is 2.04. The molecule has 2 rings (SSSR count). The van der Waals surface area contributed by atoms with Gasteiger partial charge in [-0.1, -0.05) is 37.9 Å². The molecule has 1 N–H and O–H groups in total. The number of hydrogen-bond acceptors (Lipinski definition) is 1. The summed E-state index contributed by atoms with van der Waals surface area (Å²) < 4.78 is 28.0. The number of hydrogen-bond donors (Lipinski definition) is 1. The molecule has 19 heavy (non-hydrogen) atoms. The van der Waals surface area contributed by atoms with Crippen LogP contribution in [-0.4, -0.2) is 0 Å². The van der Waals surface area contributed by atoms with Gasteiger partial charge >= 0.3 is 0 Å². The van der Waals surface area contributed by atoms with E-state index in [0.717, 1.165) is 10.0 Å². The molecule has 0 atom stereocenters. The van der Waals surface area contributed by atoms with Crippen LogP contribution in [0, 0.1) is 11.6 Å². The quantitative estimate of drug-likeness (QED) is 0.792. The Morgan fingerprint density at radius 2 is 1.63 bits per heavy atom. The molecule has 0 unspecified atom stereocenters. The third kappa shape index (κ3) is 4.09. The molecule has 1 nitrogen and oxygen atoms in total. The molecular weight excluding hydrogens is 380 g/mol. The molecule has 0 aliphatic carbocycles. The van der Waals surface area contributed by atoms with E-state index in [4.69, 9.17) is 0 Å². The summed E-state index contributed by atoms with van der Waals surface area (Å²) in [4.78, 5) is 0. The Morgan fingerprint density at radius 1 is 0.895 bits per heavy atom. The molecule has 0 saturated heterocycles. The lowest BCUT2D eigenvalue weighted by Crippen LogP contribution is -2.14. The molecule has 0 saturated carbocycles. The van der Waals surface area contributed by atoms with E-state index in [1.54, 1.807) is 18.2 Å². The third-order valence-electron chi connectivity index (χ3n) is 2.65. The van der Waals surface area contributed by atoms with Gasteiger partial charge < -0.3 is 5.32 Å². The zero-order valence-corrected chi connectivity index (χ0v) is 13.1. The van der Waals surface area contributed by atoms with Gasteiger partial charge in [-0.2, -0.15) is 0 Å². The largest absolute Gasteiger partial charge is 0.308 e. The van der Waals surface area contributed by atoms with E-state index in [0.29, 0.717) is 23.1 Å². The number of rotatable bonds is 4. The van der Waals surface area contributed by atoms with Gasteiger partial charge in [0.2, 0.25) is 0 Å². The normalized spacial score (nSPS) is 10.7. The minimum absolute atomic E-state index is 0.242. The maximum Gasteiger partial charge on any atom is 0.127 e. The van der Waals surface area contributed by atoms with Gasteiger partial charge in [-0.05, 0) is 35.9 Å². The summed E-state index contributed by atoms with van der Waals surface area (Å²) in [5, 5.41) is 3.13. The predicted molar refractivity (Wildman–Crippen MR) is 78.7 cm³/mol. The van der Waals surface area contributed by atoms with Gasteiger partial charge in [0.1, 0.15) is 11.6 Å². The molecule has 0 heterocycles. The van der Waals surface area contributed by atoms with Crippen molar-refractivity contribution in [3.8, 4) is 0 Å². The van der Waals surface area contributed by atoms with Gasteiger partial charge in [0.15, 0.2) is 0 Å². The predicted octanol–water partition coefficient (Wildman–Crippen LogP) is 4.78. The minimum Gasteiger partial charge on any atom is -0.308 e. The zero-order chi connectivity index (χ0) is 13.8. The topological polar surface area (TPSA) is 12.0 Å². The van der Waals surface area contributed by atoms with E-state index in [1.165, 1.54) is 18.2 Å². The van der Waals surface area contributed by atoms with Gasteiger partial charge in [-0.3, -0.25) is 0 Å². The van der Waals surface area contributed by atoms with E-state index in [-0.39, 0.29) is 11.6 Å². The summed E-state index contributed by atoms with van der Waals surface area (Å²) in [5.41, 5.74) is 1.52. The van der Waals surface area contributed by atoms with Crippen LogP contribution in [0.2, 0.25) is 0 Å². The molecule has 2 aromatic carbocycles. The SMILES string of the molecule is Fc1ccc(CNCc2cc(Br)ccc2F)c(Br)c1. The lowest BCUT2D eigenvalue weighted by molar-refractivity contribution is 0.586. The molecule has 0 aliphatic heterocycles. The Bertz CT molecular complexity index is 588. The first kappa shape index (κ1) is 14.6. The lowest BCUT2D eigenvalue weighted by Gasteiger charge is -2.08. The van der Waals surface area contributed by atoms with Crippen molar-refractivity contribution in [1.82, 2.24) is 5.32 Å². The Morgan fingerprint density at radius 3 is 2.37 bits per heavy atom. The maximum absolute atomic E-state index is 13.5. The van der Waals surface area contributed by atoms with E-state index in [9.17, 15) is 8.78 Å². The fourth-order valence-electron chi connectivity index (χ4n) is 1.68. The average Bonchev–Trinajstić information content (AvgIpc) is 2.36.